The van der Waals surface area contributed by atoms with Gasteiger partial charge in [0.1, 0.15) is 5.52 Å². The average Bonchev–Trinajstić information content (AvgIpc) is 2.56. The normalized spacial score (nSPS) is 12.2. The fourth-order valence-corrected chi connectivity index (χ4v) is 3.73. The minimum absolute atomic E-state index is 0.804. The number of oxazole rings is 1. The van der Waals surface area contributed by atoms with E-state index in [-0.39, 0.29) is 0 Å². The van der Waals surface area contributed by atoms with E-state index in [0.29, 0.717) is 0 Å². The van der Waals surface area contributed by atoms with Gasteiger partial charge in [-0.15, -0.1) is 0 Å². The average molecular weight is 237 g/mol. The number of hydrogen-bond donors (Lipinski definition) is 0. The molecule has 0 fully saturated rings. The van der Waals surface area contributed by atoms with Crippen molar-refractivity contribution in [3.63, 3.8) is 0 Å². The Kier molecular flexibility index (Phi) is 2.89. The molecule has 0 spiro atoms. The van der Waals surface area contributed by atoms with Gasteiger partial charge in [0, 0.05) is 0 Å². The molecule has 15 heavy (non-hydrogen) atoms. The zero-order valence-electron chi connectivity index (χ0n) is 9.28. The summed E-state index contributed by atoms with van der Waals surface area (Å²) in [6.07, 6.45) is 0. The third kappa shape index (κ3) is 2.86. The lowest BCUT2D eigenvalue weighted by atomic mass is 10.3. The van der Waals surface area contributed by atoms with E-state index in [9.17, 15) is 0 Å². The monoisotopic (exact) mass is 237 g/mol. The van der Waals surface area contributed by atoms with Crippen LogP contribution in [0.4, 0.5) is 0 Å². The van der Waals surface area contributed by atoms with Gasteiger partial charge in [-0.3, -0.25) is 0 Å². The van der Waals surface area contributed by atoms with Crippen molar-refractivity contribution >= 4 is 30.9 Å². The molecule has 1 aromatic carbocycles. The van der Waals surface area contributed by atoms with Crippen molar-refractivity contribution in [3.8, 4) is 0 Å². The highest BCUT2D eigenvalue weighted by molar-refractivity contribution is 8.00. The molecule has 0 aliphatic rings. The highest BCUT2D eigenvalue weighted by Crippen LogP contribution is 2.25. The van der Waals surface area contributed by atoms with E-state index >= 15 is 0 Å². The molecule has 0 unspecified atom stereocenters. The summed E-state index contributed by atoms with van der Waals surface area (Å²) in [7, 11) is -1.03. The molecule has 0 bridgehead atoms. The minimum Gasteiger partial charge on any atom is -0.431 e. The van der Waals surface area contributed by atoms with Crippen LogP contribution in [0.25, 0.3) is 11.1 Å². The van der Waals surface area contributed by atoms with E-state index in [1.54, 1.807) is 11.8 Å². The number of hydrogen-bond acceptors (Lipinski definition) is 3. The van der Waals surface area contributed by atoms with Crippen molar-refractivity contribution in [1.82, 2.24) is 4.98 Å². The van der Waals surface area contributed by atoms with Gasteiger partial charge in [-0.25, -0.2) is 4.98 Å². The molecule has 1 heterocycles. The maximum absolute atomic E-state index is 5.64. The van der Waals surface area contributed by atoms with Gasteiger partial charge < -0.3 is 4.42 Å². The minimum atomic E-state index is -1.03. The van der Waals surface area contributed by atoms with Crippen LogP contribution in [-0.4, -0.2) is 18.4 Å². The summed E-state index contributed by atoms with van der Waals surface area (Å²) >= 11 is 1.74. The predicted molar refractivity (Wildman–Crippen MR) is 68.1 cm³/mol. The number of aromatic nitrogens is 1. The van der Waals surface area contributed by atoms with E-state index in [0.717, 1.165) is 21.7 Å². The molecular weight excluding hydrogens is 222 g/mol. The summed E-state index contributed by atoms with van der Waals surface area (Å²) in [4.78, 5) is 4.43. The van der Waals surface area contributed by atoms with Crippen LogP contribution in [0.15, 0.2) is 33.9 Å². The molecule has 0 radical (unpaired) electrons. The van der Waals surface area contributed by atoms with Crippen molar-refractivity contribution in [2.24, 2.45) is 0 Å². The summed E-state index contributed by atoms with van der Waals surface area (Å²) in [5, 5.41) is 1.96. The number of fused-ring (bicyclic) bond motifs is 1. The van der Waals surface area contributed by atoms with Gasteiger partial charge in [0.15, 0.2) is 5.58 Å². The second kappa shape index (κ2) is 4.02. The summed E-state index contributed by atoms with van der Waals surface area (Å²) in [6, 6.07) is 7.90. The highest BCUT2D eigenvalue weighted by Gasteiger charge is 2.15. The molecule has 2 nitrogen and oxygen atoms in total. The lowest BCUT2D eigenvalue weighted by Crippen LogP contribution is -2.23. The predicted octanol–water partition coefficient (Wildman–Crippen LogP) is 3.80. The molecule has 2 rings (SSSR count). The van der Waals surface area contributed by atoms with Crippen LogP contribution in [0, 0.1) is 0 Å². The Balaban J connectivity index is 2.16. The molecule has 80 valence electrons. The van der Waals surface area contributed by atoms with E-state index in [2.05, 4.69) is 24.6 Å². The third-order valence-electron chi connectivity index (χ3n) is 1.90. The topological polar surface area (TPSA) is 26.0 Å². The summed E-state index contributed by atoms with van der Waals surface area (Å²) in [6.45, 7) is 7.05. The summed E-state index contributed by atoms with van der Waals surface area (Å²) < 4.78 is 5.64. The van der Waals surface area contributed by atoms with Crippen LogP contribution in [0.2, 0.25) is 19.6 Å². The van der Waals surface area contributed by atoms with Crippen LogP contribution in [0.1, 0.15) is 0 Å². The smallest absolute Gasteiger partial charge is 0.256 e. The number of benzene rings is 1. The van der Waals surface area contributed by atoms with Gasteiger partial charge in [0.05, 0.1) is 8.07 Å². The van der Waals surface area contributed by atoms with Gasteiger partial charge in [-0.05, 0) is 17.5 Å². The molecule has 2 aromatic rings. The van der Waals surface area contributed by atoms with Gasteiger partial charge >= 0.3 is 0 Å². The van der Waals surface area contributed by atoms with Gasteiger partial charge in [0.2, 0.25) is 0 Å². The first kappa shape index (κ1) is 10.8. The zero-order chi connectivity index (χ0) is 10.9. The maximum Gasteiger partial charge on any atom is 0.256 e. The van der Waals surface area contributed by atoms with E-state index in [1.165, 1.54) is 0 Å². The molecule has 1 aromatic heterocycles. The Morgan fingerprint density at radius 1 is 1.27 bits per heavy atom. The third-order valence-corrected chi connectivity index (χ3v) is 6.37. The first-order chi connectivity index (χ1) is 7.04. The fourth-order valence-electron chi connectivity index (χ4n) is 1.19. The van der Waals surface area contributed by atoms with E-state index in [1.807, 2.05) is 24.3 Å². The van der Waals surface area contributed by atoms with Crippen molar-refractivity contribution in [2.75, 3.05) is 5.38 Å². The van der Waals surface area contributed by atoms with Crippen LogP contribution >= 0.6 is 11.8 Å². The Hall–Kier alpha value is -0.743. The van der Waals surface area contributed by atoms with Gasteiger partial charge in [-0.1, -0.05) is 43.5 Å². The molecule has 0 saturated heterocycles. The van der Waals surface area contributed by atoms with Crippen LogP contribution in [0.3, 0.4) is 0 Å². The molecule has 4 heteroatoms. The fraction of sp³-hybridized carbons (Fsp3) is 0.364. The first-order valence-electron chi connectivity index (χ1n) is 5.03. The quantitative estimate of drug-likeness (QED) is 0.600. The lowest BCUT2D eigenvalue weighted by Gasteiger charge is -2.12. The lowest BCUT2D eigenvalue weighted by molar-refractivity contribution is 0.490. The van der Waals surface area contributed by atoms with Gasteiger partial charge in [-0.2, -0.15) is 0 Å². The van der Waals surface area contributed by atoms with E-state index in [4.69, 9.17) is 4.42 Å². The number of rotatable bonds is 3. The molecule has 0 atom stereocenters. The van der Waals surface area contributed by atoms with Crippen molar-refractivity contribution in [2.45, 2.75) is 24.9 Å². The van der Waals surface area contributed by atoms with E-state index < -0.39 is 8.07 Å². The maximum atomic E-state index is 5.64. The molecule has 0 amide bonds. The zero-order valence-corrected chi connectivity index (χ0v) is 11.1. The van der Waals surface area contributed by atoms with Crippen LogP contribution in [-0.2, 0) is 0 Å². The second-order valence-electron chi connectivity index (χ2n) is 4.80. The molecular formula is C11H15NOSSi. The molecule has 0 aliphatic heterocycles. The summed E-state index contributed by atoms with van der Waals surface area (Å²) in [5.41, 5.74) is 1.84. The number of para-hydroxylation sites is 2. The Morgan fingerprint density at radius 2 is 2.00 bits per heavy atom. The SMILES string of the molecule is C[Si](C)(C)CSc1nc2ccccc2o1. The molecule has 0 saturated carbocycles. The van der Waals surface area contributed by atoms with Crippen molar-refractivity contribution < 1.29 is 4.42 Å². The summed E-state index contributed by atoms with van der Waals surface area (Å²) in [5.74, 6) is 0. The van der Waals surface area contributed by atoms with Gasteiger partial charge in [0.25, 0.3) is 5.22 Å². The van der Waals surface area contributed by atoms with Crippen molar-refractivity contribution in [3.05, 3.63) is 24.3 Å². The molecule has 0 N–H and O–H groups in total. The highest BCUT2D eigenvalue weighted by atomic mass is 32.2. The standard InChI is InChI=1S/C11H15NOSSi/c1-15(2,3)8-14-11-12-9-6-4-5-7-10(9)13-11/h4-7H,8H2,1-3H3. The largest absolute Gasteiger partial charge is 0.431 e. The second-order valence-corrected chi connectivity index (χ2v) is 11.7. The molecule has 0 aliphatic carbocycles. The number of thioether (sulfide) groups is 1. The number of nitrogens with zero attached hydrogens (tertiary/aromatic N) is 1. The Morgan fingerprint density at radius 3 is 2.67 bits per heavy atom. The van der Waals surface area contributed by atoms with Crippen LogP contribution in [0.5, 0.6) is 0 Å². The Bertz CT molecular complexity index is 428. The Labute approximate surface area is 95.1 Å². The first-order valence-corrected chi connectivity index (χ1v) is 9.72. The van der Waals surface area contributed by atoms with Crippen LogP contribution < -0.4 is 0 Å². The van der Waals surface area contributed by atoms with Crippen molar-refractivity contribution in [1.29, 1.82) is 0 Å².